The molecule has 25 heavy (non-hydrogen) atoms. The second-order valence-corrected chi connectivity index (χ2v) is 6.53. The molecule has 0 aliphatic rings. The maximum absolute atomic E-state index is 11.9. The third kappa shape index (κ3) is 4.00. The molecule has 3 aromatic rings. The molecule has 1 amide bonds. The van der Waals surface area contributed by atoms with E-state index in [2.05, 4.69) is 15.5 Å². The summed E-state index contributed by atoms with van der Waals surface area (Å²) in [7, 11) is 1.92. The lowest BCUT2D eigenvalue weighted by Gasteiger charge is -2.02. The van der Waals surface area contributed by atoms with Crippen LogP contribution in [0.15, 0.2) is 52.7 Å². The molecule has 128 valence electrons. The largest absolute Gasteiger partial charge is 0.507 e. The first-order valence-corrected chi connectivity index (χ1v) is 8.69. The highest BCUT2D eigenvalue weighted by atomic mass is 32.2. The minimum atomic E-state index is -0.236. The molecule has 3 rings (SSSR count). The number of hydrazone groups is 1. The summed E-state index contributed by atoms with van der Waals surface area (Å²) in [5, 5.41) is 14.4. The summed E-state index contributed by atoms with van der Waals surface area (Å²) in [6.07, 6.45) is 1.43. The molecule has 0 fully saturated rings. The van der Waals surface area contributed by atoms with E-state index in [0.717, 1.165) is 21.8 Å². The van der Waals surface area contributed by atoms with Crippen LogP contribution in [0, 0.1) is 6.92 Å². The van der Waals surface area contributed by atoms with Crippen molar-refractivity contribution in [1.82, 2.24) is 15.0 Å². The van der Waals surface area contributed by atoms with E-state index in [4.69, 9.17) is 0 Å². The number of amides is 1. The lowest BCUT2D eigenvalue weighted by atomic mass is 10.1. The van der Waals surface area contributed by atoms with Gasteiger partial charge < -0.3 is 9.67 Å². The number of rotatable bonds is 5. The van der Waals surface area contributed by atoms with Gasteiger partial charge in [-0.1, -0.05) is 35.5 Å². The Kier molecular flexibility index (Phi) is 5.04. The van der Waals surface area contributed by atoms with Gasteiger partial charge in [-0.3, -0.25) is 4.79 Å². The van der Waals surface area contributed by atoms with Crippen molar-refractivity contribution in [1.29, 1.82) is 0 Å². The van der Waals surface area contributed by atoms with Crippen LogP contribution >= 0.6 is 11.8 Å². The molecule has 2 aromatic carbocycles. The van der Waals surface area contributed by atoms with Crippen molar-refractivity contribution < 1.29 is 9.90 Å². The molecule has 2 N–H and O–H groups in total. The number of hydrogen-bond acceptors (Lipinski definition) is 5. The van der Waals surface area contributed by atoms with Crippen LogP contribution in [-0.4, -0.2) is 32.5 Å². The highest BCUT2D eigenvalue weighted by molar-refractivity contribution is 7.99. The van der Waals surface area contributed by atoms with E-state index in [1.54, 1.807) is 18.2 Å². The number of carbonyl (C=O) groups excluding carboxylic acids is 1. The third-order valence-corrected chi connectivity index (χ3v) is 4.68. The Labute approximate surface area is 149 Å². The van der Waals surface area contributed by atoms with Crippen molar-refractivity contribution in [2.75, 3.05) is 5.75 Å². The molecule has 0 saturated carbocycles. The molecule has 0 bridgehead atoms. The smallest absolute Gasteiger partial charge is 0.250 e. The van der Waals surface area contributed by atoms with Crippen LogP contribution < -0.4 is 5.43 Å². The SMILES string of the molecule is Cc1ccc(O)c(C=NNC(=O)CSc2nc3ccccc3n2C)c1. The first-order chi connectivity index (χ1) is 12.0. The van der Waals surface area contributed by atoms with Crippen molar-refractivity contribution in [2.45, 2.75) is 12.1 Å². The van der Waals surface area contributed by atoms with Crippen LogP contribution in [0.2, 0.25) is 0 Å². The fourth-order valence-electron chi connectivity index (χ4n) is 2.37. The zero-order valence-electron chi connectivity index (χ0n) is 13.9. The molecule has 7 heteroatoms. The lowest BCUT2D eigenvalue weighted by molar-refractivity contribution is -0.118. The van der Waals surface area contributed by atoms with Crippen molar-refractivity contribution in [3.05, 3.63) is 53.6 Å². The standard InChI is InChI=1S/C18H18N4O2S/c1-12-7-8-16(23)13(9-12)10-19-21-17(24)11-25-18-20-14-5-3-4-6-15(14)22(18)2/h3-10,23H,11H2,1-2H3,(H,21,24). The number of phenols is 1. The van der Waals surface area contributed by atoms with Crippen LogP contribution in [0.1, 0.15) is 11.1 Å². The second-order valence-electron chi connectivity index (χ2n) is 5.59. The number of aromatic nitrogens is 2. The van der Waals surface area contributed by atoms with Gasteiger partial charge in [0.25, 0.3) is 5.91 Å². The molecule has 1 aromatic heterocycles. The van der Waals surface area contributed by atoms with Gasteiger partial charge in [0, 0.05) is 12.6 Å². The normalized spacial score (nSPS) is 11.3. The zero-order chi connectivity index (χ0) is 17.8. The van der Waals surface area contributed by atoms with Gasteiger partial charge in [-0.05, 0) is 31.2 Å². The number of fused-ring (bicyclic) bond motifs is 1. The summed E-state index contributed by atoms with van der Waals surface area (Å²) >= 11 is 1.35. The third-order valence-electron chi connectivity index (χ3n) is 3.65. The van der Waals surface area contributed by atoms with Gasteiger partial charge in [-0.25, -0.2) is 10.4 Å². The van der Waals surface area contributed by atoms with E-state index in [-0.39, 0.29) is 17.4 Å². The van der Waals surface area contributed by atoms with Crippen molar-refractivity contribution in [2.24, 2.45) is 12.1 Å². The van der Waals surface area contributed by atoms with Gasteiger partial charge in [-0.15, -0.1) is 0 Å². The maximum atomic E-state index is 11.9. The van der Waals surface area contributed by atoms with Crippen molar-refractivity contribution in [3.63, 3.8) is 0 Å². The first-order valence-electron chi connectivity index (χ1n) is 7.70. The van der Waals surface area contributed by atoms with E-state index < -0.39 is 0 Å². The number of imidazole rings is 1. The first kappa shape index (κ1) is 17.0. The fraction of sp³-hybridized carbons (Fsp3) is 0.167. The quantitative estimate of drug-likeness (QED) is 0.419. The minimum Gasteiger partial charge on any atom is -0.507 e. The second kappa shape index (κ2) is 7.40. The summed E-state index contributed by atoms with van der Waals surface area (Å²) in [4.78, 5) is 16.4. The number of thioether (sulfide) groups is 1. The van der Waals surface area contributed by atoms with Gasteiger partial charge >= 0.3 is 0 Å². The Bertz CT molecular complexity index is 949. The Morgan fingerprint density at radius 2 is 2.16 bits per heavy atom. The fourth-order valence-corrected chi connectivity index (χ4v) is 3.15. The average molecular weight is 354 g/mol. The molecule has 0 aliphatic heterocycles. The number of carbonyl (C=O) groups is 1. The Balaban J connectivity index is 1.58. The Hall–Kier alpha value is -2.80. The number of hydrogen-bond donors (Lipinski definition) is 2. The van der Waals surface area contributed by atoms with E-state index >= 15 is 0 Å². The summed E-state index contributed by atoms with van der Waals surface area (Å²) < 4.78 is 1.96. The molecule has 0 atom stereocenters. The lowest BCUT2D eigenvalue weighted by Crippen LogP contribution is -2.19. The van der Waals surface area contributed by atoms with E-state index in [1.807, 2.05) is 42.8 Å². The molecule has 0 unspecified atom stereocenters. The molecule has 1 heterocycles. The Morgan fingerprint density at radius 1 is 1.36 bits per heavy atom. The summed E-state index contributed by atoms with van der Waals surface area (Å²) in [5.74, 6) is 0.0898. The van der Waals surface area contributed by atoms with Gasteiger partial charge in [0.2, 0.25) is 0 Å². The van der Waals surface area contributed by atoms with Crippen molar-refractivity contribution in [3.8, 4) is 5.75 Å². The molecular formula is C18H18N4O2S. The molecule has 0 radical (unpaired) electrons. The van der Waals surface area contributed by atoms with Crippen LogP contribution in [-0.2, 0) is 11.8 Å². The van der Waals surface area contributed by atoms with Gasteiger partial charge in [-0.2, -0.15) is 5.10 Å². The summed E-state index contributed by atoms with van der Waals surface area (Å²) in [6, 6.07) is 13.0. The molecular weight excluding hydrogens is 336 g/mol. The predicted molar refractivity (Wildman–Crippen MR) is 100 cm³/mol. The maximum Gasteiger partial charge on any atom is 0.250 e. The topological polar surface area (TPSA) is 79.5 Å². The van der Waals surface area contributed by atoms with Crippen LogP contribution in [0.4, 0.5) is 0 Å². The number of phenolic OH excluding ortho intramolecular Hbond substituents is 1. The van der Waals surface area contributed by atoms with Crippen LogP contribution in [0.3, 0.4) is 0 Å². The van der Waals surface area contributed by atoms with Gasteiger partial charge in [0.15, 0.2) is 5.16 Å². The highest BCUT2D eigenvalue weighted by Gasteiger charge is 2.09. The number of benzene rings is 2. The number of para-hydroxylation sites is 2. The monoisotopic (exact) mass is 354 g/mol. The molecule has 0 saturated heterocycles. The molecule has 0 spiro atoms. The number of aromatic hydroxyl groups is 1. The minimum absolute atomic E-state index is 0.123. The van der Waals surface area contributed by atoms with Crippen molar-refractivity contribution >= 4 is 34.9 Å². The number of nitrogens with one attached hydrogen (secondary N) is 1. The summed E-state index contributed by atoms with van der Waals surface area (Å²) in [6.45, 7) is 1.92. The summed E-state index contributed by atoms with van der Waals surface area (Å²) in [5.41, 5.74) is 5.95. The average Bonchev–Trinajstić information content (AvgIpc) is 2.92. The number of aryl methyl sites for hydroxylation is 2. The van der Waals surface area contributed by atoms with E-state index in [0.29, 0.717) is 5.56 Å². The van der Waals surface area contributed by atoms with E-state index in [1.165, 1.54) is 18.0 Å². The predicted octanol–water partition coefficient (Wildman–Crippen LogP) is 2.83. The zero-order valence-corrected chi connectivity index (χ0v) is 14.7. The van der Waals surface area contributed by atoms with Gasteiger partial charge in [0.1, 0.15) is 5.75 Å². The van der Waals surface area contributed by atoms with Crippen LogP contribution in [0.25, 0.3) is 11.0 Å². The molecule has 0 aliphatic carbocycles. The number of nitrogens with zero attached hydrogens (tertiary/aromatic N) is 3. The highest BCUT2D eigenvalue weighted by Crippen LogP contribution is 2.22. The van der Waals surface area contributed by atoms with Crippen LogP contribution in [0.5, 0.6) is 5.75 Å². The Morgan fingerprint density at radius 3 is 2.96 bits per heavy atom. The van der Waals surface area contributed by atoms with Gasteiger partial charge in [0.05, 0.1) is 23.0 Å². The molecule has 6 nitrogen and oxygen atoms in total. The van der Waals surface area contributed by atoms with E-state index in [9.17, 15) is 9.90 Å².